The zero-order chi connectivity index (χ0) is 28.7. The molecule has 0 saturated carbocycles. The summed E-state index contributed by atoms with van der Waals surface area (Å²) in [5.74, 6) is 0.661. The van der Waals surface area contributed by atoms with Gasteiger partial charge in [-0.1, -0.05) is 97.1 Å². The molecular weight excluding hydrogens is 524 g/mol. The Morgan fingerprint density at radius 2 is 0.833 bits per heavy atom. The zero-order valence-electron chi connectivity index (χ0n) is 22.7. The lowest BCUT2D eigenvalue weighted by Crippen LogP contribution is -2.21. The lowest BCUT2D eigenvalue weighted by atomic mass is 10.0. The van der Waals surface area contributed by atoms with E-state index < -0.39 is 0 Å². The molecule has 2 amide bonds. The number of hydrogen-bond acceptors (Lipinski definition) is 4. The van der Waals surface area contributed by atoms with Gasteiger partial charge in [0, 0.05) is 22.5 Å². The molecule has 0 spiro atoms. The maximum Gasteiger partial charge on any atom is 0.262 e. The third kappa shape index (κ3) is 6.24. The van der Waals surface area contributed by atoms with Crippen molar-refractivity contribution in [1.29, 1.82) is 0 Å². The third-order valence-corrected chi connectivity index (χ3v) is 6.87. The summed E-state index contributed by atoms with van der Waals surface area (Å²) in [6.07, 6.45) is 0. The quantitative estimate of drug-likeness (QED) is 0.193. The Balaban J connectivity index is 1.12. The zero-order valence-corrected chi connectivity index (χ0v) is 22.7. The molecule has 0 aromatic heterocycles. The Labute approximate surface area is 243 Å². The van der Waals surface area contributed by atoms with Crippen molar-refractivity contribution in [3.63, 3.8) is 0 Å². The predicted octanol–water partition coefficient (Wildman–Crippen LogP) is 7.70. The number of benzene rings is 6. The number of fused-ring (bicyclic) bond motifs is 2. The molecule has 206 valence electrons. The van der Waals surface area contributed by atoms with Gasteiger partial charge in [-0.05, 0) is 57.9 Å². The van der Waals surface area contributed by atoms with E-state index in [4.69, 9.17) is 9.47 Å². The van der Waals surface area contributed by atoms with Gasteiger partial charge in [0.2, 0.25) is 0 Å². The molecule has 0 unspecified atom stereocenters. The summed E-state index contributed by atoms with van der Waals surface area (Å²) in [6, 6.07) is 42.4. The fourth-order valence-electron chi connectivity index (χ4n) is 4.84. The maximum absolute atomic E-state index is 12.9. The van der Waals surface area contributed by atoms with Crippen LogP contribution in [0.1, 0.15) is 0 Å². The van der Waals surface area contributed by atoms with E-state index in [1.165, 1.54) is 0 Å². The molecule has 0 atom stereocenters. The van der Waals surface area contributed by atoms with Gasteiger partial charge >= 0.3 is 0 Å². The van der Waals surface area contributed by atoms with Crippen molar-refractivity contribution in [3.8, 4) is 22.6 Å². The molecule has 0 saturated heterocycles. The molecule has 6 nitrogen and oxygen atoms in total. The van der Waals surface area contributed by atoms with Crippen molar-refractivity contribution in [1.82, 2.24) is 0 Å². The van der Waals surface area contributed by atoms with Crippen molar-refractivity contribution < 1.29 is 19.1 Å². The second kappa shape index (κ2) is 12.3. The summed E-state index contributed by atoms with van der Waals surface area (Å²) in [5.41, 5.74) is 2.75. The normalized spacial score (nSPS) is 10.8. The Bertz CT molecular complexity index is 1760. The van der Waals surface area contributed by atoms with Gasteiger partial charge in [-0.2, -0.15) is 0 Å². The predicted molar refractivity (Wildman–Crippen MR) is 168 cm³/mol. The van der Waals surface area contributed by atoms with Crippen LogP contribution in [-0.2, 0) is 9.59 Å². The van der Waals surface area contributed by atoms with Crippen molar-refractivity contribution in [2.75, 3.05) is 23.8 Å². The molecular formula is C36H28N2O4. The van der Waals surface area contributed by atoms with Crippen LogP contribution >= 0.6 is 0 Å². The van der Waals surface area contributed by atoms with E-state index in [0.29, 0.717) is 22.9 Å². The maximum atomic E-state index is 12.9. The number of amides is 2. The Kier molecular flexibility index (Phi) is 7.77. The van der Waals surface area contributed by atoms with Crippen LogP contribution in [0.25, 0.3) is 32.7 Å². The molecule has 6 heteroatoms. The van der Waals surface area contributed by atoms with E-state index in [1.807, 2.05) is 133 Å². The molecule has 0 aliphatic rings. The van der Waals surface area contributed by atoms with E-state index >= 15 is 0 Å². The van der Waals surface area contributed by atoms with Gasteiger partial charge in [0.05, 0.1) is 0 Å². The van der Waals surface area contributed by atoms with Crippen LogP contribution in [0, 0.1) is 0 Å². The summed E-state index contributed by atoms with van der Waals surface area (Å²) in [4.78, 5) is 25.7. The van der Waals surface area contributed by atoms with E-state index in [-0.39, 0.29) is 25.0 Å². The molecule has 0 heterocycles. The molecule has 0 fully saturated rings. The average Bonchev–Trinajstić information content (AvgIpc) is 3.03. The van der Waals surface area contributed by atoms with E-state index in [9.17, 15) is 9.59 Å². The number of hydrogen-bond donors (Lipinski definition) is 2. The number of rotatable bonds is 9. The van der Waals surface area contributed by atoms with Gasteiger partial charge in [-0.3, -0.25) is 9.59 Å². The molecule has 42 heavy (non-hydrogen) atoms. The lowest BCUT2D eigenvalue weighted by Gasteiger charge is -2.16. The first-order valence-corrected chi connectivity index (χ1v) is 13.6. The lowest BCUT2D eigenvalue weighted by molar-refractivity contribution is -0.118. The van der Waals surface area contributed by atoms with Crippen molar-refractivity contribution in [3.05, 3.63) is 133 Å². The van der Waals surface area contributed by atoms with E-state index in [2.05, 4.69) is 10.6 Å². The van der Waals surface area contributed by atoms with Crippen LogP contribution in [0.15, 0.2) is 133 Å². The van der Waals surface area contributed by atoms with Crippen LogP contribution in [0.4, 0.5) is 11.4 Å². The van der Waals surface area contributed by atoms with Crippen LogP contribution in [0.3, 0.4) is 0 Å². The first-order valence-electron chi connectivity index (χ1n) is 13.6. The van der Waals surface area contributed by atoms with Crippen LogP contribution < -0.4 is 20.1 Å². The fraction of sp³-hybridized carbons (Fsp3) is 0.0556. The summed E-state index contributed by atoms with van der Waals surface area (Å²) in [5, 5.41) is 10.2. The standard InChI is InChI=1S/C36H28N2O4/c39-35(23-41-29-19-17-25-9-1-3-11-27(25)21-29)37-33-15-7-5-13-31(33)32-14-6-8-16-34(32)38-36(40)24-42-30-20-18-26-10-2-4-12-28(26)22-30/h1-22H,23-24H2,(H,37,39)(H,38,40). The minimum atomic E-state index is -0.291. The van der Waals surface area contributed by atoms with Gasteiger partial charge in [0.15, 0.2) is 13.2 Å². The number of carbonyl (C=O) groups is 2. The largest absolute Gasteiger partial charge is 0.484 e. The van der Waals surface area contributed by atoms with Crippen molar-refractivity contribution in [2.24, 2.45) is 0 Å². The van der Waals surface area contributed by atoms with Crippen LogP contribution in [0.2, 0.25) is 0 Å². The highest BCUT2D eigenvalue weighted by Crippen LogP contribution is 2.33. The Hall–Kier alpha value is -5.62. The minimum absolute atomic E-state index is 0.142. The summed E-state index contributed by atoms with van der Waals surface area (Å²) < 4.78 is 11.5. The number of anilines is 2. The molecule has 6 aromatic carbocycles. The van der Waals surface area contributed by atoms with Gasteiger partial charge < -0.3 is 20.1 Å². The Morgan fingerprint density at radius 1 is 0.452 bits per heavy atom. The third-order valence-electron chi connectivity index (χ3n) is 6.87. The van der Waals surface area contributed by atoms with Gasteiger partial charge in [0.1, 0.15) is 11.5 Å². The smallest absolute Gasteiger partial charge is 0.262 e. The van der Waals surface area contributed by atoms with Gasteiger partial charge in [-0.15, -0.1) is 0 Å². The summed E-state index contributed by atoms with van der Waals surface area (Å²) in [7, 11) is 0. The highest BCUT2D eigenvalue weighted by molar-refractivity contribution is 6.01. The van der Waals surface area contributed by atoms with Crippen LogP contribution in [-0.4, -0.2) is 25.0 Å². The van der Waals surface area contributed by atoms with E-state index in [1.54, 1.807) is 0 Å². The molecule has 2 N–H and O–H groups in total. The van der Waals surface area contributed by atoms with Gasteiger partial charge in [0.25, 0.3) is 11.8 Å². The first-order chi connectivity index (χ1) is 20.6. The number of ether oxygens (including phenoxy) is 2. The van der Waals surface area contributed by atoms with E-state index in [0.717, 1.165) is 32.7 Å². The summed E-state index contributed by atoms with van der Waals surface area (Å²) >= 11 is 0. The molecule has 0 aliphatic heterocycles. The van der Waals surface area contributed by atoms with Gasteiger partial charge in [-0.25, -0.2) is 0 Å². The first kappa shape index (κ1) is 26.6. The summed E-state index contributed by atoms with van der Waals surface area (Å²) in [6.45, 7) is -0.283. The van der Waals surface area contributed by atoms with Crippen LogP contribution in [0.5, 0.6) is 11.5 Å². The fourth-order valence-corrected chi connectivity index (χ4v) is 4.84. The Morgan fingerprint density at radius 3 is 1.29 bits per heavy atom. The second-order valence-corrected chi connectivity index (χ2v) is 9.78. The molecule has 0 radical (unpaired) electrons. The molecule has 0 aliphatic carbocycles. The highest BCUT2D eigenvalue weighted by Gasteiger charge is 2.14. The highest BCUT2D eigenvalue weighted by atomic mass is 16.5. The number of carbonyl (C=O) groups excluding carboxylic acids is 2. The molecule has 0 bridgehead atoms. The topological polar surface area (TPSA) is 76.7 Å². The number of para-hydroxylation sites is 2. The molecule has 6 rings (SSSR count). The minimum Gasteiger partial charge on any atom is -0.484 e. The molecule has 6 aromatic rings. The van der Waals surface area contributed by atoms with Crippen molar-refractivity contribution in [2.45, 2.75) is 0 Å². The second-order valence-electron chi connectivity index (χ2n) is 9.78. The monoisotopic (exact) mass is 552 g/mol. The van der Waals surface area contributed by atoms with Crippen molar-refractivity contribution >= 4 is 44.7 Å². The SMILES string of the molecule is O=C(COc1ccc2ccccc2c1)Nc1ccccc1-c1ccccc1NC(=O)COc1ccc2ccccc2c1. The number of nitrogens with one attached hydrogen (secondary N) is 2. The average molecular weight is 553 g/mol.